The van der Waals surface area contributed by atoms with E-state index in [2.05, 4.69) is 11.8 Å². The monoisotopic (exact) mass is 182 g/mol. The van der Waals surface area contributed by atoms with Gasteiger partial charge in [-0.05, 0) is 11.4 Å². The molecule has 1 aromatic rings. The molecule has 2 heterocycles. The number of hydrogen-bond donors (Lipinski definition) is 0. The van der Waals surface area contributed by atoms with Gasteiger partial charge in [-0.3, -0.25) is 0 Å². The Bertz CT molecular complexity index is 330. The fraction of sp³-hybridized carbons (Fsp3) is 0.333. The maximum absolute atomic E-state index is 12.8. The van der Waals surface area contributed by atoms with Gasteiger partial charge in [-0.2, -0.15) is 4.39 Å². The minimum absolute atomic E-state index is 0.192. The van der Waals surface area contributed by atoms with Crippen molar-refractivity contribution in [2.75, 3.05) is 13.2 Å². The van der Waals surface area contributed by atoms with Crippen LogP contribution < -0.4 is 0 Å². The Morgan fingerprint density at radius 1 is 1.58 bits per heavy atom. The van der Waals surface area contributed by atoms with Crippen molar-refractivity contribution in [2.24, 2.45) is 5.92 Å². The molecule has 0 radical (unpaired) electrons. The van der Waals surface area contributed by atoms with Crippen molar-refractivity contribution in [1.29, 1.82) is 0 Å². The highest BCUT2D eigenvalue weighted by Gasteiger charge is 2.14. The number of ether oxygens (including phenoxy) is 1. The molecule has 1 nitrogen and oxygen atoms in total. The Kier molecular flexibility index (Phi) is 2.11. The molecule has 1 fully saturated rings. The molecule has 1 saturated heterocycles. The molecule has 0 N–H and O–H groups in total. The van der Waals surface area contributed by atoms with E-state index < -0.39 is 0 Å². The summed E-state index contributed by atoms with van der Waals surface area (Å²) in [5.74, 6) is 6.06. The van der Waals surface area contributed by atoms with E-state index in [1.807, 2.05) is 0 Å². The number of hydrogen-bond acceptors (Lipinski definition) is 2. The third-order valence-corrected chi connectivity index (χ3v) is 2.37. The summed E-state index contributed by atoms with van der Waals surface area (Å²) in [5.41, 5.74) is 0.506. The van der Waals surface area contributed by atoms with Crippen molar-refractivity contribution < 1.29 is 9.13 Å². The highest BCUT2D eigenvalue weighted by Crippen LogP contribution is 2.13. The average Bonchev–Trinajstić information content (AvgIpc) is 2.33. The van der Waals surface area contributed by atoms with E-state index in [1.54, 1.807) is 11.4 Å². The van der Waals surface area contributed by atoms with Crippen LogP contribution in [0.4, 0.5) is 4.39 Å². The van der Waals surface area contributed by atoms with Crippen molar-refractivity contribution in [1.82, 2.24) is 0 Å². The van der Waals surface area contributed by atoms with Gasteiger partial charge in [-0.1, -0.05) is 11.8 Å². The zero-order valence-corrected chi connectivity index (χ0v) is 7.16. The Labute approximate surface area is 74.2 Å². The van der Waals surface area contributed by atoms with Gasteiger partial charge in [0, 0.05) is 0 Å². The van der Waals surface area contributed by atoms with Gasteiger partial charge >= 0.3 is 0 Å². The highest BCUT2D eigenvalue weighted by molar-refractivity contribution is 7.08. The van der Waals surface area contributed by atoms with Gasteiger partial charge in [0.1, 0.15) is 0 Å². The molecule has 0 aromatic carbocycles. The van der Waals surface area contributed by atoms with Crippen LogP contribution in [0, 0.1) is 22.9 Å². The molecular formula is C9H7FOS. The molecule has 0 amide bonds. The van der Waals surface area contributed by atoms with E-state index in [0.717, 1.165) is 11.3 Å². The van der Waals surface area contributed by atoms with Gasteiger partial charge in [0.2, 0.25) is 0 Å². The summed E-state index contributed by atoms with van der Waals surface area (Å²) in [4.78, 5) is 0. The topological polar surface area (TPSA) is 9.23 Å². The summed E-state index contributed by atoms with van der Waals surface area (Å²) in [7, 11) is 0. The van der Waals surface area contributed by atoms with Crippen LogP contribution in [0.25, 0.3) is 0 Å². The first-order chi connectivity index (χ1) is 5.86. The second-order valence-electron chi connectivity index (χ2n) is 2.61. The van der Waals surface area contributed by atoms with Crippen LogP contribution >= 0.6 is 11.3 Å². The molecule has 0 aliphatic carbocycles. The first-order valence-electron chi connectivity index (χ1n) is 3.68. The second kappa shape index (κ2) is 3.26. The Balaban J connectivity index is 2.09. The third-order valence-electron chi connectivity index (χ3n) is 1.67. The Morgan fingerprint density at radius 3 is 2.92 bits per heavy atom. The van der Waals surface area contributed by atoms with E-state index >= 15 is 0 Å². The molecule has 0 saturated carbocycles. The lowest BCUT2D eigenvalue weighted by molar-refractivity contribution is -0.00300. The standard InChI is InChI=1S/C9H7FOS/c10-9-8(3-4-12-9)2-1-7-5-11-6-7/h3-4,7H,5-6H2. The predicted molar refractivity (Wildman–Crippen MR) is 45.5 cm³/mol. The van der Waals surface area contributed by atoms with Crippen LogP contribution in [-0.4, -0.2) is 13.2 Å². The van der Waals surface area contributed by atoms with E-state index in [0.29, 0.717) is 24.7 Å². The zero-order valence-electron chi connectivity index (χ0n) is 6.34. The normalized spacial score (nSPS) is 16.4. The van der Waals surface area contributed by atoms with Crippen molar-refractivity contribution >= 4 is 11.3 Å². The minimum atomic E-state index is -0.192. The maximum atomic E-state index is 12.8. The van der Waals surface area contributed by atoms with Gasteiger partial charge in [0.25, 0.3) is 0 Å². The van der Waals surface area contributed by atoms with Crippen molar-refractivity contribution in [3.05, 3.63) is 22.1 Å². The van der Waals surface area contributed by atoms with Crippen molar-refractivity contribution in [3.63, 3.8) is 0 Å². The number of rotatable bonds is 0. The summed E-state index contributed by atoms with van der Waals surface area (Å²) < 4.78 is 17.7. The Morgan fingerprint density at radius 2 is 2.42 bits per heavy atom. The van der Waals surface area contributed by atoms with E-state index in [1.165, 1.54) is 0 Å². The first-order valence-corrected chi connectivity index (χ1v) is 4.56. The molecule has 62 valence electrons. The lowest BCUT2D eigenvalue weighted by atomic mass is 10.1. The molecule has 0 unspecified atom stereocenters. The van der Waals surface area contributed by atoms with E-state index in [4.69, 9.17) is 4.74 Å². The SMILES string of the molecule is Fc1sccc1C#CC1COC1. The van der Waals surface area contributed by atoms with Crippen LogP contribution in [0.1, 0.15) is 5.56 Å². The number of halogens is 1. The van der Waals surface area contributed by atoms with Crippen LogP contribution in [0.5, 0.6) is 0 Å². The summed E-state index contributed by atoms with van der Waals surface area (Å²) >= 11 is 1.08. The molecule has 3 heteroatoms. The van der Waals surface area contributed by atoms with Gasteiger partial charge < -0.3 is 4.74 Å². The second-order valence-corrected chi connectivity index (χ2v) is 3.48. The van der Waals surface area contributed by atoms with Crippen LogP contribution in [0.2, 0.25) is 0 Å². The fourth-order valence-corrected chi connectivity index (χ4v) is 1.45. The summed E-state index contributed by atoms with van der Waals surface area (Å²) in [5, 5.41) is 1.51. The van der Waals surface area contributed by atoms with Crippen LogP contribution in [-0.2, 0) is 4.74 Å². The smallest absolute Gasteiger partial charge is 0.192 e. The predicted octanol–water partition coefficient (Wildman–Crippen LogP) is 1.89. The van der Waals surface area contributed by atoms with Crippen molar-refractivity contribution in [3.8, 4) is 11.8 Å². The summed E-state index contributed by atoms with van der Waals surface area (Å²) in [6.45, 7) is 1.39. The fourth-order valence-electron chi connectivity index (χ4n) is 0.880. The molecule has 12 heavy (non-hydrogen) atoms. The van der Waals surface area contributed by atoms with Gasteiger partial charge in [0.15, 0.2) is 5.13 Å². The van der Waals surface area contributed by atoms with E-state index in [-0.39, 0.29) is 5.13 Å². The zero-order chi connectivity index (χ0) is 8.39. The highest BCUT2D eigenvalue weighted by atomic mass is 32.1. The molecule has 2 rings (SSSR count). The molecule has 0 bridgehead atoms. The summed E-state index contributed by atoms with van der Waals surface area (Å²) in [6, 6.07) is 1.70. The average molecular weight is 182 g/mol. The molecule has 1 aromatic heterocycles. The van der Waals surface area contributed by atoms with Gasteiger partial charge in [-0.25, -0.2) is 0 Å². The lowest BCUT2D eigenvalue weighted by Crippen LogP contribution is -2.25. The van der Waals surface area contributed by atoms with Crippen LogP contribution in [0.3, 0.4) is 0 Å². The largest absolute Gasteiger partial charge is 0.379 e. The van der Waals surface area contributed by atoms with Crippen molar-refractivity contribution in [2.45, 2.75) is 0 Å². The molecule has 1 aliphatic rings. The first kappa shape index (κ1) is 7.78. The van der Waals surface area contributed by atoms with E-state index in [9.17, 15) is 4.39 Å². The minimum Gasteiger partial charge on any atom is -0.379 e. The van der Waals surface area contributed by atoms with Gasteiger partial charge in [0.05, 0.1) is 24.7 Å². The van der Waals surface area contributed by atoms with Crippen LogP contribution in [0.15, 0.2) is 11.4 Å². The molecule has 1 aliphatic heterocycles. The molecule has 0 spiro atoms. The maximum Gasteiger partial charge on any atom is 0.192 e. The Hall–Kier alpha value is -0.850. The molecule has 0 atom stereocenters. The molecular weight excluding hydrogens is 175 g/mol. The number of thiophene rings is 1. The summed E-state index contributed by atoms with van der Waals surface area (Å²) in [6.07, 6.45) is 0. The third kappa shape index (κ3) is 1.50. The van der Waals surface area contributed by atoms with Gasteiger partial charge in [-0.15, -0.1) is 11.3 Å². The lowest BCUT2D eigenvalue weighted by Gasteiger charge is -2.19. The quantitative estimate of drug-likeness (QED) is 0.557.